The topological polar surface area (TPSA) is 12.4 Å². The summed E-state index contributed by atoms with van der Waals surface area (Å²) in [6.45, 7) is 5.77. The average Bonchev–Trinajstić information content (AvgIpc) is 2.58. The van der Waals surface area contributed by atoms with Gasteiger partial charge < -0.3 is 0 Å². The van der Waals surface area contributed by atoms with Crippen molar-refractivity contribution in [1.82, 2.24) is 0 Å². The molecule has 1 aliphatic rings. The maximum atomic E-state index is 4.40. The molecule has 0 amide bonds. The second-order valence-electron chi connectivity index (χ2n) is 3.30. The van der Waals surface area contributed by atoms with E-state index in [1.54, 1.807) is 0 Å². The lowest BCUT2D eigenvalue weighted by molar-refractivity contribution is 1.25. The fraction of sp³-hybridized carbons (Fsp3) is 0.154. The van der Waals surface area contributed by atoms with Gasteiger partial charge in [-0.1, -0.05) is 36.9 Å². The summed E-state index contributed by atoms with van der Waals surface area (Å²) < 4.78 is 0. The predicted molar refractivity (Wildman–Crippen MR) is 61.4 cm³/mol. The highest BCUT2D eigenvalue weighted by Gasteiger charge is 2.17. The summed E-state index contributed by atoms with van der Waals surface area (Å²) in [7, 11) is 0. The minimum absolute atomic E-state index is 0.965. The van der Waals surface area contributed by atoms with E-state index >= 15 is 0 Å². The Hall–Kier alpha value is -1.63. The van der Waals surface area contributed by atoms with Gasteiger partial charge in [-0.3, -0.25) is 4.99 Å². The van der Waals surface area contributed by atoms with E-state index in [4.69, 9.17) is 0 Å². The lowest BCUT2D eigenvalue weighted by Crippen LogP contribution is -1.81. The maximum absolute atomic E-state index is 4.40. The van der Waals surface area contributed by atoms with E-state index in [-0.39, 0.29) is 0 Å². The van der Waals surface area contributed by atoms with Crippen LogP contribution in [-0.4, -0.2) is 6.21 Å². The van der Waals surface area contributed by atoms with E-state index in [9.17, 15) is 0 Å². The first-order valence-electron chi connectivity index (χ1n) is 4.79. The van der Waals surface area contributed by atoms with Gasteiger partial charge in [0.15, 0.2) is 0 Å². The smallest absolute Gasteiger partial charge is 0.0735 e. The summed E-state index contributed by atoms with van der Waals surface area (Å²) in [5, 5.41) is 0. The van der Waals surface area contributed by atoms with Crippen LogP contribution in [0, 0.1) is 0 Å². The number of nitrogens with zero attached hydrogens (tertiary/aromatic N) is 1. The molecule has 0 atom stereocenters. The van der Waals surface area contributed by atoms with Gasteiger partial charge in [-0.15, -0.1) is 0 Å². The largest absolute Gasteiger partial charge is 0.261 e. The number of aliphatic imine (C=N–C) groups is 1. The fourth-order valence-electron chi connectivity index (χ4n) is 1.82. The fourth-order valence-corrected chi connectivity index (χ4v) is 1.82. The molecular formula is C13H13N. The van der Waals surface area contributed by atoms with Crippen LogP contribution < -0.4 is 0 Å². The number of hydrogen-bond acceptors (Lipinski definition) is 1. The molecule has 70 valence electrons. The standard InChI is InChI=1S/C13H13N/c1-3-10-9-11-7-5-6-8-12(11)13(10)14-4-2/h3-8H,1,9H2,2H3. The van der Waals surface area contributed by atoms with Gasteiger partial charge in [0.25, 0.3) is 0 Å². The second kappa shape index (κ2) is 3.62. The van der Waals surface area contributed by atoms with Crippen molar-refractivity contribution in [3.8, 4) is 0 Å². The van der Waals surface area contributed by atoms with Crippen LogP contribution in [0.2, 0.25) is 0 Å². The molecule has 0 spiro atoms. The van der Waals surface area contributed by atoms with Crippen LogP contribution >= 0.6 is 0 Å². The van der Waals surface area contributed by atoms with Crippen LogP contribution in [0.5, 0.6) is 0 Å². The van der Waals surface area contributed by atoms with Gasteiger partial charge in [-0.2, -0.15) is 0 Å². The molecule has 1 aliphatic carbocycles. The van der Waals surface area contributed by atoms with Crippen LogP contribution in [0.1, 0.15) is 18.1 Å². The van der Waals surface area contributed by atoms with Crippen LogP contribution in [0.15, 0.2) is 47.5 Å². The van der Waals surface area contributed by atoms with E-state index < -0.39 is 0 Å². The Balaban J connectivity index is 2.56. The molecule has 1 heteroatoms. The third-order valence-electron chi connectivity index (χ3n) is 2.46. The van der Waals surface area contributed by atoms with E-state index in [2.05, 4.69) is 35.8 Å². The quantitative estimate of drug-likeness (QED) is 0.624. The molecule has 2 rings (SSSR count). The Bertz CT molecular complexity index is 425. The first kappa shape index (κ1) is 8.95. The average molecular weight is 183 g/mol. The number of benzene rings is 1. The molecule has 0 bridgehead atoms. The van der Waals surface area contributed by atoms with Gasteiger partial charge in [-0.05, 0) is 18.1 Å². The lowest BCUT2D eigenvalue weighted by atomic mass is 10.1. The van der Waals surface area contributed by atoms with Crippen molar-refractivity contribution in [3.63, 3.8) is 0 Å². The molecule has 0 fully saturated rings. The summed E-state index contributed by atoms with van der Waals surface area (Å²) in [4.78, 5) is 4.40. The maximum Gasteiger partial charge on any atom is 0.0735 e. The minimum Gasteiger partial charge on any atom is -0.261 e. The molecular weight excluding hydrogens is 170 g/mol. The summed E-state index contributed by atoms with van der Waals surface area (Å²) in [6.07, 6.45) is 4.70. The van der Waals surface area contributed by atoms with Crippen molar-refractivity contribution in [2.24, 2.45) is 4.99 Å². The van der Waals surface area contributed by atoms with Crippen LogP contribution in [-0.2, 0) is 6.42 Å². The zero-order chi connectivity index (χ0) is 9.97. The highest BCUT2D eigenvalue weighted by Crippen LogP contribution is 2.33. The Morgan fingerprint density at radius 1 is 1.36 bits per heavy atom. The van der Waals surface area contributed by atoms with Gasteiger partial charge in [0, 0.05) is 18.2 Å². The van der Waals surface area contributed by atoms with Crippen molar-refractivity contribution in [2.45, 2.75) is 13.3 Å². The van der Waals surface area contributed by atoms with E-state index in [1.807, 2.05) is 19.2 Å². The Morgan fingerprint density at radius 2 is 2.14 bits per heavy atom. The highest BCUT2D eigenvalue weighted by molar-refractivity contribution is 5.81. The Morgan fingerprint density at radius 3 is 2.86 bits per heavy atom. The van der Waals surface area contributed by atoms with E-state index in [0.717, 1.165) is 12.1 Å². The summed E-state index contributed by atoms with van der Waals surface area (Å²) in [6, 6.07) is 8.39. The lowest BCUT2D eigenvalue weighted by Gasteiger charge is -1.98. The van der Waals surface area contributed by atoms with Gasteiger partial charge in [0.05, 0.1) is 5.70 Å². The van der Waals surface area contributed by atoms with Crippen molar-refractivity contribution >= 4 is 11.9 Å². The molecule has 0 unspecified atom stereocenters. The first-order chi connectivity index (χ1) is 6.86. The number of rotatable bonds is 2. The third-order valence-corrected chi connectivity index (χ3v) is 2.46. The Kier molecular flexibility index (Phi) is 2.32. The zero-order valence-corrected chi connectivity index (χ0v) is 8.33. The summed E-state index contributed by atoms with van der Waals surface area (Å²) >= 11 is 0. The molecule has 14 heavy (non-hydrogen) atoms. The van der Waals surface area contributed by atoms with E-state index in [0.29, 0.717) is 0 Å². The molecule has 0 N–H and O–H groups in total. The number of fused-ring (bicyclic) bond motifs is 1. The molecule has 1 aromatic rings. The number of hydrogen-bond donors (Lipinski definition) is 0. The molecule has 0 radical (unpaired) electrons. The Labute approximate surface area is 84.5 Å². The van der Waals surface area contributed by atoms with Gasteiger partial charge in [0.1, 0.15) is 0 Å². The van der Waals surface area contributed by atoms with Crippen molar-refractivity contribution in [3.05, 3.63) is 53.6 Å². The summed E-state index contributed by atoms with van der Waals surface area (Å²) in [5.41, 5.74) is 4.91. The molecule has 1 aromatic carbocycles. The zero-order valence-electron chi connectivity index (χ0n) is 8.33. The normalized spacial score (nSPS) is 14.9. The van der Waals surface area contributed by atoms with E-state index in [1.165, 1.54) is 16.7 Å². The molecule has 1 nitrogen and oxygen atoms in total. The van der Waals surface area contributed by atoms with Crippen LogP contribution in [0.25, 0.3) is 5.70 Å². The third kappa shape index (κ3) is 1.31. The first-order valence-corrected chi connectivity index (χ1v) is 4.79. The van der Waals surface area contributed by atoms with Crippen molar-refractivity contribution in [2.75, 3.05) is 0 Å². The predicted octanol–water partition coefficient (Wildman–Crippen LogP) is 3.23. The minimum atomic E-state index is 0.965. The highest BCUT2D eigenvalue weighted by atomic mass is 14.7. The second-order valence-corrected chi connectivity index (χ2v) is 3.30. The number of allylic oxidation sites excluding steroid dienone is 2. The van der Waals surface area contributed by atoms with Gasteiger partial charge in [-0.25, -0.2) is 0 Å². The monoisotopic (exact) mass is 183 g/mol. The molecule has 0 heterocycles. The van der Waals surface area contributed by atoms with Crippen LogP contribution in [0.4, 0.5) is 0 Å². The van der Waals surface area contributed by atoms with Gasteiger partial charge >= 0.3 is 0 Å². The van der Waals surface area contributed by atoms with Crippen molar-refractivity contribution in [1.29, 1.82) is 0 Å². The molecule has 0 aromatic heterocycles. The molecule has 0 saturated heterocycles. The summed E-state index contributed by atoms with van der Waals surface area (Å²) in [5.74, 6) is 0. The molecule has 0 saturated carbocycles. The van der Waals surface area contributed by atoms with Gasteiger partial charge in [0.2, 0.25) is 0 Å². The SMILES string of the molecule is C=CC1=C(N=CC)c2ccccc2C1. The van der Waals surface area contributed by atoms with Crippen LogP contribution in [0.3, 0.4) is 0 Å². The van der Waals surface area contributed by atoms with Crippen molar-refractivity contribution < 1.29 is 0 Å². The molecule has 0 aliphatic heterocycles.